The molecule has 51 heavy (non-hydrogen) atoms. The minimum atomic E-state index is 0.0530. The molecule has 7 aromatic rings. The van der Waals surface area contributed by atoms with Gasteiger partial charge in [0.1, 0.15) is 5.75 Å². The van der Waals surface area contributed by atoms with Crippen LogP contribution >= 0.6 is 0 Å². The van der Waals surface area contributed by atoms with E-state index in [2.05, 4.69) is 127 Å². The maximum Gasteiger partial charge on any atom is 0.116 e. The van der Waals surface area contributed by atoms with Gasteiger partial charge in [0.15, 0.2) is 0 Å². The lowest BCUT2D eigenvalue weighted by Gasteiger charge is -2.20. The van der Waals surface area contributed by atoms with E-state index in [1.165, 1.54) is 66.9 Å². The van der Waals surface area contributed by atoms with Crippen molar-refractivity contribution in [2.45, 2.75) is 12.5 Å². The number of hydrogen-bond acceptors (Lipinski definition) is 3. The number of rotatable bonds is 7. The molecule has 1 unspecified atom stereocenters. The first-order valence-corrected chi connectivity index (χ1v) is 17.4. The lowest BCUT2D eigenvalue weighted by Crippen LogP contribution is -2.05. The van der Waals surface area contributed by atoms with Crippen molar-refractivity contribution in [2.75, 3.05) is 0 Å². The average molecular weight is 655 g/mol. The molecule has 3 heteroatoms. The van der Waals surface area contributed by atoms with Crippen LogP contribution in [0.2, 0.25) is 0 Å². The first-order valence-electron chi connectivity index (χ1n) is 17.4. The average Bonchev–Trinajstić information content (AvgIpc) is 3.51. The van der Waals surface area contributed by atoms with Crippen molar-refractivity contribution in [2.24, 2.45) is 4.99 Å². The molecule has 0 bridgehead atoms. The fraction of sp³-hybridized carbons (Fsp3) is 0.0417. The van der Waals surface area contributed by atoms with Crippen molar-refractivity contribution in [3.05, 3.63) is 169 Å². The molecule has 0 fully saturated rings. The van der Waals surface area contributed by atoms with Gasteiger partial charge in [-0.3, -0.25) is 4.99 Å². The predicted molar refractivity (Wildman–Crippen MR) is 216 cm³/mol. The van der Waals surface area contributed by atoms with Crippen molar-refractivity contribution in [3.63, 3.8) is 0 Å². The van der Waals surface area contributed by atoms with Crippen molar-refractivity contribution in [1.82, 2.24) is 0 Å². The van der Waals surface area contributed by atoms with E-state index < -0.39 is 0 Å². The molecule has 1 aliphatic heterocycles. The summed E-state index contributed by atoms with van der Waals surface area (Å²) < 4.78 is 0. The van der Waals surface area contributed by atoms with E-state index in [0.717, 1.165) is 34.1 Å². The van der Waals surface area contributed by atoms with Crippen LogP contribution < -0.4 is 0 Å². The Morgan fingerprint density at radius 3 is 1.80 bits per heavy atom. The van der Waals surface area contributed by atoms with Crippen molar-refractivity contribution >= 4 is 39.5 Å². The quantitative estimate of drug-likeness (QED) is 0.130. The minimum Gasteiger partial charge on any atom is -0.508 e. The largest absolute Gasteiger partial charge is 0.508 e. The SMILES string of the molecule is N=C/C=C\C=C\C1CC=C(c2cc(O)cc(-c3ccc4c5c(cccc35)-c3c-4c(-c4ccccc4)c4ccccc4c3-c3ccccc3)c2)C=N1. The van der Waals surface area contributed by atoms with Gasteiger partial charge in [0.2, 0.25) is 0 Å². The molecule has 1 heterocycles. The number of phenolic OH excluding ortho intramolecular Hbond substituents is 1. The van der Waals surface area contributed by atoms with Gasteiger partial charge in [0.25, 0.3) is 0 Å². The zero-order valence-electron chi connectivity index (χ0n) is 27.9. The highest BCUT2D eigenvalue weighted by Crippen LogP contribution is 2.58. The van der Waals surface area contributed by atoms with Crippen LogP contribution in [0.3, 0.4) is 0 Å². The molecule has 1 aliphatic carbocycles. The van der Waals surface area contributed by atoms with E-state index in [1.807, 2.05) is 36.6 Å². The molecule has 0 saturated heterocycles. The Labute approximate surface area is 297 Å². The standard InChI is InChI=1S/C48H34N2O/c49-26-11-3-8-17-36-23-22-33(30-50-36)34-27-35(29-37(51)28-34)38-24-25-43-46-39(38)20-12-21-42(46)47-44(31-13-4-1-5-14-31)40-18-9-10-19-41(40)45(48(43)47)32-15-6-2-7-16-32/h1-22,24-30,36,49,51H,23H2/b11-3-,17-8+,49-26?. The number of nitrogens with zero attached hydrogens (tertiary/aromatic N) is 1. The van der Waals surface area contributed by atoms with Gasteiger partial charge in [-0.1, -0.05) is 140 Å². The summed E-state index contributed by atoms with van der Waals surface area (Å²) in [6, 6.07) is 47.5. The van der Waals surface area contributed by atoms with Crippen molar-refractivity contribution in [3.8, 4) is 61.4 Å². The number of aliphatic imine (C=N–C) groups is 1. The lowest BCUT2D eigenvalue weighted by molar-refractivity contribution is 0.475. The fourth-order valence-corrected chi connectivity index (χ4v) is 7.96. The minimum absolute atomic E-state index is 0.0530. The van der Waals surface area contributed by atoms with E-state index >= 15 is 0 Å². The zero-order valence-corrected chi connectivity index (χ0v) is 27.9. The molecule has 0 spiro atoms. The number of dihydropyridines is 1. The predicted octanol–water partition coefficient (Wildman–Crippen LogP) is 12.3. The maximum atomic E-state index is 11.1. The number of phenols is 1. The monoisotopic (exact) mass is 654 g/mol. The molecular weight excluding hydrogens is 621 g/mol. The van der Waals surface area contributed by atoms with Gasteiger partial charge in [-0.05, 0) is 119 Å². The summed E-state index contributed by atoms with van der Waals surface area (Å²) in [4.78, 5) is 4.76. The number of benzene rings is 7. The van der Waals surface area contributed by atoms with E-state index in [1.54, 1.807) is 6.08 Å². The van der Waals surface area contributed by atoms with Gasteiger partial charge >= 0.3 is 0 Å². The molecule has 0 saturated carbocycles. The van der Waals surface area contributed by atoms with Crippen LogP contribution in [-0.2, 0) is 0 Å². The first-order chi connectivity index (χ1) is 25.2. The second kappa shape index (κ2) is 12.7. The first kappa shape index (κ1) is 30.5. The number of fused-ring (bicyclic) bond motifs is 4. The summed E-state index contributed by atoms with van der Waals surface area (Å²) in [5.74, 6) is 0.228. The Hall–Kier alpha value is -6.58. The highest BCUT2D eigenvalue weighted by atomic mass is 16.3. The van der Waals surface area contributed by atoms with Gasteiger partial charge in [-0.2, -0.15) is 0 Å². The van der Waals surface area contributed by atoms with E-state index in [9.17, 15) is 5.11 Å². The third-order valence-corrected chi connectivity index (χ3v) is 10.1. The highest BCUT2D eigenvalue weighted by molar-refractivity contribution is 6.28. The Morgan fingerprint density at radius 1 is 0.549 bits per heavy atom. The number of hydrogen-bond donors (Lipinski definition) is 2. The molecule has 0 radical (unpaired) electrons. The second-order valence-electron chi connectivity index (χ2n) is 13.1. The number of allylic oxidation sites excluding steroid dienone is 4. The Morgan fingerprint density at radius 2 is 1.16 bits per heavy atom. The summed E-state index contributed by atoms with van der Waals surface area (Å²) in [5, 5.41) is 23.1. The van der Waals surface area contributed by atoms with Crippen LogP contribution in [0.15, 0.2) is 169 Å². The Balaban J connectivity index is 1.24. The fourth-order valence-electron chi connectivity index (χ4n) is 7.96. The van der Waals surface area contributed by atoms with Crippen LogP contribution in [0.25, 0.3) is 82.8 Å². The third kappa shape index (κ3) is 5.22. The molecule has 2 aliphatic rings. The summed E-state index contributed by atoms with van der Waals surface area (Å²) in [6.45, 7) is 0. The van der Waals surface area contributed by atoms with Crippen LogP contribution in [0, 0.1) is 5.41 Å². The van der Waals surface area contributed by atoms with Gasteiger partial charge in [0, 0.05) is 12.4 Å². The number of nitrogens with one attached hydrogen (secondary N) is 1. The van der Waals surface area contributed by atoms with E-state index in [-0.39, 0.29) is 11.8 Å². The molecule has 9 rings (SSSR count). The van der Waals surface area contributed by atoms with Crippen LogP contribution in [-0.4, -0.2) is 23.6 Å². The third-order valence-electron chi connectivity index (χ3n) is 10.1. The normalized spacial score (nSPS) is 14.8. The Kier molecular flexibility index (Phi) is 7.59. The van der Waals surface area contributed by atoms with Gasteiger partial charge in [-0.15, -0.1) is 0 Å². The van der Waals surface area contributed by atoms with Gasteiger partial charge < -0.3 is 10.5 Å². The zero-order chi connectivity index (χ0) is 34.3. The summed E-state index contributed by atoms with van der Waals surface area (Å²) in [5.41, 5.74) is 13.9. The highest BCUT2D eigenvalue weighted by Gasteiger charge is 2.31. The van der Waals surface area contributed by atoms with Gasteiger partial charge in [-0.25, -0.2) is 0 Å². The molecule has 3 nitrogen and oxygen atoms in total. The molecular formula is C48H34N2O. The summed E-state index contributed by atoms with van der Waals surface area (Å²) in [7, 11) is 0. The topological polar surface area (TPSA) is 56.4 Å². The van der Waals surface area contributed by atoms with Crippen molar-refractivity contribution in [1.29, 1.82) is 5.41 Å². The van der Waals surface area contributed by atoms with E-state index in [0.29, 0.717) is 0 Å². The van der Waals surface area contributed by atoms with Crippen molar-refractivity contribution < 1.29 is 5.11 Å². The molecule has 7 aromatic carbocycles. The second-order valence-corrected chi connectivity index (χ2v) is 13.1. The summed E-state index contributed by atoms with van der Waals surface area (Å²) >= 11 is 0. The smallest absolute Gasteiger partial charge is 0.116 e. The Bertz CT molecular complexity index is 2540. The van der Waals surface area contributed by atoms with Crippen LogP contribution in [0.4, 0.5) is 0 Å². The molecule has 2 N–H and O–H groups in total. The van der Waals surface area contributed by atoms with Crippen LogP contribution in [0.5, 0.6) is 5.75 Å². The molecule has 0 amide bonds. The lowest BCUT2D eigenvalue weighted by atomic mass is 9.82. The molecule has 242 valence electrons. The number of aromatic hydroxyl groups is 1. The molecule has 1 atom stereocenters. The van der Waals surface area contributed by atoms with Crippen LogP contribution in [0.1, 0.15) is 12.0 Å². The van der Waals surface area contributed by atoms with Gasteiger partial charge in [0.05, 0.1) is 6.04 Å². The molecule has 0 aromatic heterocycles. The summed E-state index contributed by atoms with van der Waals surface area (Å²) in [6.07, 6.45) is 13.6. The van der Waals surface area contributed by atoms with E-state index in [4.69, 9.17) is 10.4 Å². The maximum absolute atomic E-state index is 11.1.